The number of nitro benzene ring substituents is 1. The number of nitrogens with one attached hydrogen (secondary N) is 1. The first kappa shape index (κ1) is 13.6. The minimum absolute atomic E-state index is 0.105. The second-order valence-electron chi connectivity index (χ2n) is 3.80. The standard InChI is InChI=1S/C11H18N4O2/c12-5-6-14-10(8-13)7-9-1-3-11(4-2-9)15(16)17/h1-4,10,14H,5-8,12-13H2. The van der Waals surface area contributed by atoms with Gasteiger partial charge in [0.1, 0.15) is 0 Å². The van der Waals surface area contributed by atoms with Crippen LogP contribution in [-0.4, -0.2) is 30.6 Å². The van der Waals surface area contributed by atoms with Crippen LogP contribution < -0.4 is 16.8 Å². The van der Waals surface area contributed by atoms with E-state index in [1.807, 2.05) is 0 Å². The van der Waals surface area contributed by atoms with Crippen molar-refractivity contribution in [1.29, 1.82) is 0 Å². The number of nitrogens with zero attached hydrogens (tertiary/aromatic N) is 1. The zero-order valence-electron chi connectivity index (χ0n) is 9.63. The highest BCUT2D eigenvalue weighted by atomic mass is 16.6. The summed E-state index contributed by atoms with van der Waals surface area (Å²) in [4.78, 5) is 10.1. The van der Waals surface area contributed by atoms with E-state index in [-0.39, 0.29) is 11.7 Å². The van der Waals surface area contributed by atoms with E-state index < -0.39 is 4.92 Å². The van der Waals surface area contributed by atoms with Gasteiger partial charge in [-0.15, -0.1) is 0 Å². The van der Waals surface area contributed by atoms with Gasteiger partial charge in [0.25, 0.3) is 5.69 Å². The van der Waals surface area contributed by atoms with E-state index in [9.17, 15) is 10.1 Å². The van der Waals surface area contributed by atoms with Gasteiger partial charge in [0.2, 0.25) is 0 Å². The number of benzene rings is 1. The zero-order chi connectivity index (χ0) is 12.7. The minimum Gasteiger partial charge on any atom is -0.329 e. The number of hydrogen-bond acceptors (Lipinski definition) is 5. The van der Waals surface area contributed by atoms with Crippen LogP contribution in [0, 0.1) is 10.1 Å². The molecule has 17 heavy (non-hydrogen) atoms. The summed E-state index contributed by atoms with van der Waals surface area (Å²) in [6, 6.07) is 6.67. The molecule has 6 nitrogen and oxygen atoms in total. The summed E-state index contributed by atoms with van der Waals surface area (Å²) in [5.74, 6) is 0. The van der Waals surface area contributed by atoms with Gasteiger partial charge in [-0.1, -0.05) is 12.1 Å². The Morgan fingerprint density at radius 3 is 2.41 bits per heavy atom. The van der Waals surface area contributed by atoms with Crippen molar-refractivity contribution in [3.63, 3.8) is 0 Å². The smallest absolute Gasteiger partial charge is 0.269 e. The van der Waals surface area contributed by atoms with Crippen LogP contribution >= 0.6 is 0 Å². The summed E-state index contributed by atoms with van der Waals surface area (Å²) in [7, 11) is 0. The Morgan fingerprint density at radius 1 is 1.29 bits per heavy atom. The molecule has 0 aromatic heterocycles. The SMILES string of the molecule is NCCNC(CN)Cc1ccc([N+](=O)[O-])cc1. The molecule has 94 valence electrons. The van der Waals surface area contributed by atoms with E-state index in [1.54, 1.807) is 12.1 Å². The van der Waals surface area contributed by atoms with Crippen LogP contribution in [-0.2, 0) is 6.42 Å². The largest absolute Gasteiger partial charge is 0.329 e. The molecule has 0 fully saturated rings. The topological polar surface area (TPSA) is 107 Å². The third kappa shape index (κ3) is 4.48. The van der Waals surface area contributed by atoms with E-state index in [0.29, 0.717) is 13.1 Å². The molecule has 0 spiro atoms. The fourth-order valence-corrected chi connectivity index (χ4v) is 1.56. The van der Waals surface area contributed by atoms with Crippen LogP contribution in [0.15, 0.2) is 24.3 Å². The molecule has 1 atom stereocenters. The van der Waals surface area contributed by atoms with Crippen LogP contribution in [0.1, 0.15) is 5.56 Å². The minimum atomic E-state index is -0.406. The van der Waals surface area contributed by atoms with Gasteiger partial charge in [-0.2, -0.15) is 0 Å². The molecule has 0 aliphatic rings. The molecule has 0 aliphatic carbocycles. The molecule has 1 aromatic rings. The Morgan fingerprint density at radius 2 is 1.94 bits per heavy atom. The molecule has 1 aromatic carbocycles. The number of hydrogen-bond donors (Lipinski definition) is 3. The van der Waals surface area contributed by atoms with Gasteiger partial charge in [-0.3, -0.25) is 10.1 Å². The lowest BCUT2D eigenvalue weighted by Crippen LogP contribution is -2.40. The van der Waals surface area contributed by atoms with Gasteiger partial charge in [0.05, 0.1) is 4.92 Å². The maximum absolute atomic E-state index is 10.5. The Kier molecular flexibility index (Phi) is 5.55. The molecule has 0 bridgehead atoms. The average molecular weight is 238 g/mol. The zero-order valence-corrected chi connectivity index (χ0v) is 9.63. The van der Waals surface area contributed by atoms with E-state index >= 15 is 0 Å². The molecular formula is C11H18N4O2. The van der Waals surface area contributed by atoms with Crippen LogP contribution in [0.2, 0.25) is 0 Å². The third-order valence-electron chi connectivity index (χ3n) is 2.49. The number of rotatable bonds is 7. The molecular weight excluding hydrogens is 220 g/mol. The molecule has 0 radical (unpaired) electrons. The van der Waals surface area contributed by atoms with E-state index in [2.05, 4.69) is 5.32 Å². The molecule has 5 N–H and O–H groups in total. The van der Waals surface area contributed by atoms with Crippen molar-refractivity contribution in [1.82, 2.24) is 5.32 Å². The highest BCUT2D eigenvalue weighted by Gasteiger charge is 2.08. The Hall–Kier alpha value is -1.50. The first-order valence-electron chi connectivity index (χ1n) is 5.54. The van der Waals surface area contributed by atoms with Crippen LogP contribution in [0.4, 0.5) is 5.69 Å². The summed E-state index contributed by atoms with van der Waals surface area (Å²) in [5, 5.41) is 13.7. The van der Waals surface area contributed by atoms with E-state index in [0.717, 1.165) is 18.5 Å². The van der Waals surface area contributed by atoms with Gasteiger partial charge in [-0.05, 0) is 12.0 Å². The molecule has 0 saturated carbocycles. The Bertz CT molecular complexity index is 353. The van der Waals surface area contributed by atoms with E-state index in [1.165, 1.54) is 12.1 Å². The molecule has 1 unspecified atom stereocenters. The van der Waals surface area contributed by atoms with E-state index in [4.69, 9.17) is 11.5 Å². The van der Waals surface area contributed by atoms with Gasteiger partial charge in [-0.25, -0.2) is 0 Å². The highest BCUT2D eigenvalue weighted by Crippen LogP contribution is 2.12. The van der Waals surface area contributed by atoms with Crippen molar-refractivity contribution in [2.45, 2.75) is 12.5 Å². The lowest BCUT2D eigenvalue weighted by atomic mass is 10.1. The summed E-state index contributed by atoms with van der Waals surface area (Å²) in [6.07, 6.45) is 0.745. The summed E-state index contributed by atoms with van der Waals surface area (Å²) >= 11 is 0. The lowest BCUT2D eigenvalue weighted by molar-refractivity contribution is -0.384. The molecule has 0 heterocycles. The number of non-ortho nitro benzene ring substituents is 1. The number of nitrogens with two attached hydrogens (primary N) is 2. The maximum atomic E-state index is 10.5. The fourth-order valence-electron chi connectivity index (χ4n) is 1.56. The van der Waals surface area contributed by atoms with Crippen LogP contribution in [0.5, 0.6) is 0 Å². The van der Waals surface area contributed by atoms with Crippen molar-refractivity contribution >= 4 is 5.69 Å². The summed E-state index contributed by atoms with van der Waals surface area (Å²) in [5.41, 5.74) is 12.2. The quantitative estimate of drug-likeness (QED) is 0.458. The fraction of sp³-hybridized carbons (Fsp3) is 0.455. The molecule has 6 heteroatoms. The van der Waals surface area contributed by atoms with Crippen LogP contribution in [0.25, 0.3) is 0 Å². The van der Waals surface area contributed by atoms with Crippen molar-refractivity contribution in [3.05, 3.63) is 39.9 Å². The molecule has 0 aliphatic heterocycles. The molecule has 1 rings (SSSR count). The normalized spacial score (nSPS) is 12.4. The average Bonchev–Trinajstić information content (AvgIpc) is 2.35. The highest BCUT2D eigenvalue weighted by molar-refractivity contribution is 5.33. The van der Waals surface area contributed by atoms with Crippen LogP contribution in [0.3, 0.4) is 0 Å². The van der Waals surface area contributed by atoms with Gasteiger partial charge >= 0.3 is 0 Å². The Labute approximate surface area is 100 Å². The second kappa shape index (κ2) is 6.95. The molecule has 0 saturated heterocycles. The predicted octanol–water partition coefficient (Wildman–Crippen LogP) is 0.0129. The first-order valence-corrected chi connectivity index (χ1v) is 5.54. The monoisotopic (exact) mass is 238 g/mol. The maximum Gasteiger partial charge on any atom is 0.269 e. The van der Waals surface area contributed by atoms with Crippen molar-refractivity contribution in [2.24, 2.45) is 11.5 Å². The first-order chi connectivity index (χ1) is 8.17. The van der Waals surface area contributed by atoms with Gasteiger partial charge in [0, 0.05) is 37.8 Å². The van der Waals surface area contributed by atoms with Crippen molar-refractivity contribution in [3.8, 4) is 0 Å². The van der Waals surface area contributed by atoms with Gasteiger partial charge in [0.15, 0.2) is 0 Å². The Balaban J connectivity index is 2.57. The third-order valence-corrected chi connectivity index (χ3v) is 2.49. The van der Waals surface area contributed by atoms with Crippen molar-refractivity contribution in [2.75, 3.05) is 19.6 Å². The predicted molar refractivity (Wildman–Crippen MR) is 66.7 cm³/mol. The summed E-state index contributed by atoms with van der Waals surface area (Å²) < 4.78 is 0. The lowest BCUT2D eigenvalue weighted by Gasteiger charge is -2.16. The van der Waals surface area contributed by atoms with Gasteiger partial charge < -0.3 is 16.8 Å². The van der Waals surface area contributed by atoms with Crippen molar-refractivity contribution < 1.29 is 4.92 Å². The second-order valence-corrected chi connectivity index (χ2v) is 3.80. The summed E-state index contributed by atoms with van der Waals surface area (Å²) in [6.45, 7) is 1.79. The number of nitro groups is 1. The molecule has 0 amide bonds.